The van der Waals surface area contributed by atoms with Crippen LogP contribution in [-0.2, 0) is 6.42 Å². The maximum atomic E-state index is 13.2. The Kier molecular flexibility index (Phi) is 3.74. The van der Waals surface area contributed by atoms with Crippen LogP contribution in [0.2, 0.25) is 0 Å². The first-order chi connectivity index (χ1) is 8.65. The number of hydrazine groups is 1. The topological polar surface area (TPSA) is 51.2 Å². The van der Waals surface area contributed by atoms with Crippen LogP contribution in [0.3, 0.4) is 0 Å². The summed E-state index contributed by atoms with van der Waals surface area (Å²) < 4.78 is 31.6. The average molecular weight is 252 g/mol. The van der Waals surface area contributed by atoms with Crippen molar-refractivity contribution in [2.75, 3.05) is 0 Å². The number of aryl methyl sites for hydroxylation is 1. The van der Waals surface area contributed by atoms with Crippen LogP contribution in [0.5, 0.6) is 0 Å². The van der Waals surface area contributed by atoms with E-state index < -0.39 is 17.7 Å². The summed E-state index contributed by atoms with van der Waals surface area (Å²) in [5, 5.41) is 0. The van der Waals surface area contributed by atoms with Crippen LogP contribution < -0.4 is 11.3 Å². The summed E-state index contributed by atoms with van der Waals surface area (Å²) in [6.07, 6.45) is 0.759. The number of nitrogens with two attached hydrogens (primary N) is 1. The normalized spacial score (nSPS) is 12.7. The summed E-state index contributed by atoms with van der Waals surface area (Å²) in [4.78, 5) is 0. The van der Waals surface area contributed by atoms with Gasteiger partial charge in [0.15, 0.2) is 11.6 Å². The number of furan rings is 1. The predicted octanol–water partition coefficient (Wildman–Crippen LogP) is 2.67. The highest BCUT2D eigenvalue weighted by molar-refractivity contribution is 5.28. The van der Waals surface area contributed by atoms with Gasteiger partial charge in [0.1, 0.15) is 17.6 Å². The molecule has 0 aliphatic rings. The highest BCUT2D eigenvalue weighted by Crippen LogP contribution is 2.24. The lowest BCUT2D eigenvalue weighted by molar-refractivity contribution is 0.423. The Morgan fingerprint density at radius 3 is 2.56 bits per heavy atom. The Bertz CT molecular complexity index is 540. The van der Waals surface area contributed by atoms with E-state index in [1.54, 1.807) is 6.07 Å². The van der Waals surface area contributed by atoms with Crippen molar-refractivity contribution in [3.05, 3.63) is 59.1 Å². The number of rotatable bonds is 4. The first-order valence-electron chi connectivity index (χ1n) is 5.65. The standard InChI is InChI=1S/C13H14F2N2O/c1-2-9-4-6-12(18-9)13(17-16)8-3-5-10(14)11(15)7-8/h3-7,13,17H,2,16H2,1H3. The van der Waals surface area contributed by atoms with E-state index in [1.807, 2.05) is 13.0 Å². The van der Waals surface area contributed by atoms with Crippen LogP contribution in [0.4, 0.5) is 8.78 Å². The smallest absolute Gasteiger partial charge is 0.159 e. The largest absolute Gasteiger partial charge is 0.464 e. The molecule has 1 atom stereocenters. The molecule has 96 valence electrons. The van der Waals surface area contributed by atoms with Crippen LogP contribution in [-0.4, -0.2) is 0 Å². The quantitative estimate of drug-likeness (QED) is 0.649. The van der Waals surface area contributed by atoms with E-state index in [1.165, 1.54) is 6.07 Å². The Morgan fingerprint density at radius 2 is 2.00 bits per heavy atom. The van der Waals surface area contributed by atoms with Gasteiger partial charge in [0.25, 0.3) is 0 Å². The Balaban J connectivity index is 2.35. The van der Waals surface area contributed by atoms with Gasteiger partial charge in [0, 0.05) is 6.42 Å². The van der Waals surface area contributed by atoms with Crippen molar-refractivity contribution in [2.24, 2.45) is 5.84 Å². The molecule has 0 amide bonds. The summed E-state index contributed by atoms with van der Waals surface area (Å²) in [6.45, 7) is 1.96. The molecule has 0 bridgehead atoms. The lowest BCUT2D eigenvalue weighted by Gasteiger charge is -2.14. The maximum absolute atomic E-state index is 13.2. The molecule has 2 aromatic rings. The molecule has 1 unspecified atom stereocenters. The molecule has 0 radical (unpaired) electrons. The predicted molar refractivity (Wildman–Crippen MR) is 63.6 cm³/mol. The van der Waals surface area contributed by atoms with Crippen molar-refractivity contribution in [3.63, 3.8) is 0 Å². The van der Waals surface area contributed by atoms with Gasteiger partial charge >= 0.3 is 0 Å². The molecule has 3 nitrogen and oxygen atoms in total. The van der Waals surface area contributed by atoms with E-state index in [0.29, 0.717) is 11.3 Å². The number of benzene rings is 1. The molecular formula is C13H14F2N2O. The minimum atomic E-state index is -0.907. The molecule has 1 aromatic carbocycles. The molecule has 1 heterocycles. The fourth-order valence-corrected chi connectivity index (χ4v) is 1.77. The zero-order valence-electron chi connectivity index (χ0n) is 9.91. The molecule has 0 aliphatic carbocycles. The second kappa shape index (κ2) is 5.29. The highest BCUT2D eigenvalue weighted by Gasteiger charge is 2.17. The van der Waals surface area contributed by atoms with Crippen molar-refractivity contribution >= 4 is 0 Å². The summed E-state index contributed by atoms with van der Waals surface area (Å²) in [7, 11) is 0. The van der Waals surface area contributed by atoms with Crippen molar-refractivity contribution in [1.82, 2.24) is 5.43 Å². The van der Waals surface area contributed by atoms with Gasteiger partial charge in [-0.1, -0.05) is 13.0 Å². The van der Waals surface area contributed by atoms with Gasteiger partial charge in [-0.3, -0.25) is 5.84 Å². The molecule has 18 heavy (non-hydrogen) atoms. The minimum absolute atomic E-state index is 0.500. The van der Waals surface area contributed by atoms with E-state index in [9.17, 15) is 8.78 Å². The molecule has 0 saturated heterocycles. The summed E-state index contributed by atoms with van der Waals surface area (Å²) in [5.41, 5.74) is 3.04. The highest BCUT2D eigenvalue weighted by atomic mass is 19.2. The molecular weight excluding hydrogens is 238 g/mol. The molecule has 0 aliphatic heterocycles. The summed E-state index contributed by atoms with van der Waals surface area (Å²) in [6, 6.07) is 6.74. The molecule has 0 fully saturated rings. The van der Waals surface area contributed by atoms with E-state index in [0.717, 1.165) is 24.3 Å². The van der Waals surface area contributed by atoms with E-state index >= 15 is 0 Å². The van der Waals surface area contributed by atoms with Crippen LogP contribution in [0.1, 0.15) is 30.0 Å². The van der Waals surface area contributed by atoms with Gasteiger partial charge in [-0.25, -0.2) is 14.2 Å². The molecule has 1 aromatic heterocycles. The monoisotopic (exact) mass is 252 g/mol. The Morgan fingerprint density at radius 1 is 1.22 bits per heavy atom. The van der Waals surface area contributed by atoms with Crippen LogP contribution >= 0.6 is 0 Å². The SMILES string of the molecule is CCc1ccc(C(NN)c2ccc(F)c(F)c2)o1. The Labute approximate surface area is 104 Å². The first kappa shape index (κ1) is 12.7. The fourth-order valence-electron chi connectivity index (χ4n) is 1.77. The van der Waals surface area contributed by atoms with Crippen LogP contribution in [0, 0.1) is 11.6 Å². The van der Waals surface area contributed by atoms with Crippen molar-refractivity contribution in [1.29, 1.82) is 0 Å². The molecule has 0 spiro atoms. The number of halogens is 2. The van der Waals surface area contributed by atoms with E-state index in [-0.39, 0.29) is 0 Å². The first-order valence-corrected chi connectivity index (χ1v) is 5.65. The lowest BCUT2D eigenvalue weighted by Crippen LogP contribution is -2.28. The second-order valence-electron chi connectivity index (χ2n) is 3.93. The van der Waals surface area contributed by atoms with Gasteiger partial charge in [0.2, 0.25) is 0 Å². The van der Waals surface area contributed by atoms with Gasteiger partial charge < -0.3 is 4.42 Å². The van der Waals surface area contributed by atoms with Crippen LogP contribution in [0.25, 0.3) is 0 Å². The van der Waals surface area contributed by atoms with Gasteiger partial charge in [0.05, 0.1) is 0 Å². The lowest BCUT2D eigenvalue weighted by atomic mass is 10.1. The van der Waals surface area contributed by atoms with Gasteiger partial charge in [-0.15, -0.1) is 0 Å². The molecule has 0 saturated carbocycles. The Hall–Kier alpha value is -1.72. The van der Waals surface area contributed by atoms with Crippen molar-refractivity contribution in [3.8, 4) is 0 Å². The number of nitrogens with one attached hydrogen (secondary N) is 1. The second-order valence-corrected chi connectivity index (χ2v) is 3.93. The van der Waals surface area contributed by atoms with Gasteiger partial charge in [-0.2, -0.15) is 0 Å². The van der Waals surface area contributed by atoms with Gasteiger partial charge in [-0.05, 0) is 29.8 Å². The van der Waals surface area contributed by atoms with Crippen molar-refractivity contribution < 1.29 is 13.2 Å². The zero-order valence-corrected chi connectivity index (χ0v) is 9.91. The number of hydrogen-bond acceptors (Lipinski definition) is 3. The number of hydrogen-bond donors (Lipinski definition) is 2. The third kappa shape index (κ3) is 2.42. The zero-order chi connectivity index (χ0) is 13.1. The summed E-state index contributed by atoms with van der Waals surface area (Å²) in [5.74, 6) is 5.04. The fraction of sp³-hybridized carbons (Fsp3) is 0.231. The third-order valence-corrected chi connectivity index (χ3v) is 2.76. The molecule has 3 N–H and O–H groups in total. The maximum Gasteiger partial charge on any atom is 0.159 e. The molecule has 2 rings (SSSR count). The van der Waals surface area contributed by atoms with Crippen LogP contribution in [0.15, 0.2) is 34.7 Å². The minimum Gasteiger partial charge on any atom is -0.464 e. The molecule has 5 heteroatoms. The average Bonchev–Trinajstić information content (AvgIpc) is 2.83. The summed E-state index contributed by atoms with van der Waals surface area (Å²) >= 11 is 0. The van der Waals surface area contributed by atoms with E-state index in [4.69, 9.17) is 10.3 Å². The van der Waals surface area contributed by atoms with Crippen molar-refractivity contribution in [2.45, 2.75) is 19.4 Å². The third-order valence-electron chi connectivity index (χ3n) is 2.76. The van der Waals surface area contributed by atoms with E-state index in [2.05, 4.69) is 5.43 Å².